The lowest BCUT2D eigenvalue weighted by atomic mass is 10.2. The molecule has 0 saturated carbocycles. The predicted octanol–water partition coefficient (Wildman–Crippen LogP) is 2.04. The molecule has 0 aliphatic carbocycles. The summed E-state index contributed by atoms with van der Waals surface area (Å²) in [6.45, 7) is 2.44. The molecule has 170 valence electrons. The Morgan fingerprint density at radius 1 is 1.03 bits per heavy atom. The van der Waals surface area contributed by atoms with E-state index in [-0.39, 0.29) is 17.0 Å². The number of ether oxygens (including phenoxy) is 1. The van der Waals surface area contributed by atoms with Gasteiger partial charge in [-0.05, 0) is 43.5 Å². The first-order valence-corrected chi connectivity index (χ1v) is 11.6. The zero-order chi connectivity index (χ0) is 23.1. The Bertz CT molecular complexity index is 1080. The number of hydrogen-bond acceptors (Lipinski definition) is 6. The number of amides is 3. The Morgan fingerprint density at radius 2 is 1.72 bits per heavy atom. The van der Waals surface area contributed by atoms with Crippen molar-refractivity contribution < 1.29 is 27.5 Å². The molecule has 1 heterocycles. The van der Waals surface area contributed by atoms with Crippen LogP contribution in [0.1, 0.15) is 35.7 Å². The molecular weight excluding hydrogens is 434 g/mol. The molecule has 9 nitrogen and oxygen atoms in total. The lowest BCUT2D eigenvalue weighted by Crippen LogP contribution is -2.44. The number of rotatable bonds is 7. The minimum absolute atomic E-state index is 0.00143. The molecule has 2 N–H and O–H groups in total. The van der Waals surface area contributed by atoms with E-state index in [4.69, 9.17) is 4.74 Å². The van der Waals surface area contributed by atoms with Gasteiger partial charge >= 0.3 is 12.0 Å². The summed E-state index contributed by atoms with van der Waals surface area (Å²) >= 11 is 0. The number of hydrogen-bond donors (Lipinski definition) is 2. The molecule has 1 saturated heterocycles. The normalized spacial score (nSPS) is 15.0. The summed E-state index contributed by atoms with van der Waals surface area (Å²) in [4.78, 5) is 36.5. The van der Waals surface area contributed by atoms with E-state index in [0.29, 0.717) is 13.1 Å². The second kappa shape index (κ2) is 10.4. The average Bonchev–Trinajstić information content (AvgIpc) is 3.34. The SMILES string of the molecule is CC(OC(=O)c1cccc(S(=O)(=O)N2CCCC2)c1)C(=O)NC(=O)NCc1ccccc1. The van der Waals surface area contributed by atoms with Crippen LogP contribution >= 0.6 is 0 Å². The van der Waals surface area contributed by atoms with Gasteiger partial charge in [0.05, 0.1) is 10.5 Å². The van der Waals surface area contributed by atoms with Gasteiger partial charge in [0, 0.05) is 19.6 Å². The molecule has 0 aromatic heterocycles. The van der Waals surface area contributed by atoms with Crippen LogP contribution in [0.3, 0.4) is 0 Å². The molecule has 3 amide bonds. The summed E-state index contributed by atoms with van der Waals surface area (Å²) in [5, 5.41) is 4.65. The zero-order valence-corrected chi connectivity index (χ0v) is 18.4. The lowest BCUT2D eigenvalue weighted by molar-refractivity contribution is -0.127. The van der Waals surface area contributed by atoms with Crippen LogP contribution in [0.2, 0.25) is 0 Å². The smallest absolute Gasteiger partial charge is 0.338 e. The first-order valence-electron chi connectivity index (χ1n) is 10.2. The van der Waals surface area contributed by atoms with Gasteiger partial charge in [-0.1, -0.05) is 36.4 Å². The summed E-state index contributed by atoms with van der Waals surface area (Å²) in [6.07, 6.45) is 0.336. The summed E-state index contributed by atoms with van der Waals surface area (Å²) in [5.74, 6) is -1.67. The van der Waals surface area contributed by atoms with Crippen molar-refractivity contribution in [1.82, 2.24) is 14.9 Å². The maximum Gasteiger partial charge on any atom is 0.338 e. The quantitative estimate of drug-likeness (QED) is 0.611. The molecule has 1 aliphatic rings. The van der Waals surface area contributed by atoms with Crippen LogP contribution in [-0.4, -0.2) is 49.8 Å². The molecule has 0 radical (unpaired) electrons. The van der Waals surface area contributed by atoms with E-state index in [2.05, 4.69) is 10.6 Å². The lowest BCUT2D eigenvalue weighted by Gasteiger charge is -2.16. The highest BCUT2D eigenvalue weighted by molar-refractivity contribution is 7.89. The third-order valence-corrected chi connectivity index (χ3v) is 6.85. The second-order valence-electron chi connectivity index (χ2n) is 7.34. The van der Waals surface area contributed by atoms with E-state index < -0.39 is 34.0 Å². The molecule has 32 heavy (non-hydrogen) atoms. The standard InChI is InChI=1S/C22H25N3O6S/c1-16(20(26)24-22(28)23-15-17-8-3-2-4-9-17)31-21(27)18-10-7-11-19(14-18)32(29,30)25-12-5-6-13-25/h2-4,7-11,14,16H,5-6,12-13,15H2,1H3,(H2,23,24,26,28). The molecule has 3 rings (SSSR count). The van der Waals surface area contributed by atoms with Crippen molar-refractivity contribution in [2.24, 2.45) is 0 Å². The number of urea groups is 1. The number of sulfonamides is 1. The van der Waals surface area contributed by atoms with Crippen LogP contribution in [0.15, 0.2) is 59.5 Å². The molecule has 2 aromatic rings. The highest BCUT2D eigenvalue weighted by Gasteiger charge is 2.28. The van der Waals surface area contributed by atoms with Crippen LogP contribution in [-0.2, 0) is 26.1 Å². The van der Waals surface area contributed by atoms with Gasteiger partial charge in [-0.2, -0.15) is 4.31 Å². The highest BCUT2D eigenvalue weighted by Crippen LogP contribution is 2.22. The number of nitrogens with zero attached hydrogens (tertiary/aromatic N) is 1. The first-order chi connectivity index (χ1) is 15.3. The van der Waals surface area contributed by atoms with E-state index in [0.717, 1.165) is 18.4 Å². The minimum atomic E-state index is -3.69. The molecule has 1 unspecified atom stereocenters. The predicted molar refractivity (Wildman–Crippen MR) is 116 cm³/mol. The molecule has 2 aromatic carbocycles. The number of nitrogens with one attached hydrogen (secondary N) is 2. The Morgan fingerprint density at radius 3 is 2.41 bits per heavy atom. The largest absolute Gasteiger partial charge is 0.449 e. The van der Waals surface area contributed by atoms with Crippen molar-refractivity contribution in [2.75, 3.05) is 13.1 Å². The Hall–Kier alpha value is -3.24. The number of esters is 1. The average molecular weight is 460 g/mol. The zero-order valence-electron chi connectivity index (χ0n) is 17.6. The number of benzene rings is 2. The van der Waals surface area contributed by atoms with Crippen molar-refractivity contribution in [1.29, 1.82) is 0 Å². The maximum atomic E-state index is 12.7. The van der Waals surface area contributed by atoms with Crippen molar-refractivity contribution in [2.45, 2.75) is 37.3 Å². The maximum absolute atomic E-state index is 12.7. The van der Waals surface area contributed by atoms with Crippen LogP contribution in [0.4, 0.5) is 4.79 Å². The number of imide groups is 1. The highest BCUT2D eigenvalue weighted by atomic mass is 32.2. The Labute approximate surface area is 186 Å². The molecule has 1 aliphatic heterocycles. The fraction of sp³-hybridized carbons (Fsp3) is 0.318. The monoisotopic (exact) mass is 459 g/mol. The summed E-state index contributed by atoms with van der Waals surface area (Å²) < 4.78 is 31.9. The van der Waals surface area contributed by atoms with Crippen molar-refractivity contribution in [3.05, 3.63) is 65.7 Å². The fourth-order valence-electron chi connectivity index (χ4n) is 3.18. The fourth-order valence-corrected chi connectivity index (χ4v) is 4.74. The molecule has 1 atom stereocenters. The minimum Gasteiger partial charge on any atom is -0.449 e. The molecular formula is C22H25N3O6S. The first kappa shape index (κ1) is 23.4. The van der Waals surface area contributed by atoms with Gasteiger partial charge in [0.25, 0.3) is 5.91 Å². The van der Waals surface area contributed by atoms with Crippen LogP contribution in [0.5, 0.6) is 0 Å². The van der Waals surface area contributed by atoms with E-state index >= 15 is 0 Å². The Balaban J connectivity index is 1.55. The number of carbonyl (C=O) groups excluding carboxylic acids is 3. The van der Waals surface area contributed by atoms with Gasteiger partial charge in [-0.15, -0.1) is 0 Å². The van der Waals surface area contributed by atoms with E-state index in [1.54, 1.807) is 0 Å². The third kappa shape index (κ3) is 5.92. The van der Waals surface area contributed by atoms with Gasteiger partial charge in [0.15, 0.2) is 6.10 Å². The van der Waals surface area contributed by atoms with Gasteiger partial charge in [-0.25, -0.2) is 18.0 Å². The van der Waals surface area contributed by atoms with Gasteiger partial charge in [-0.3, -0.25) is 10.1 Å². The van der Waals surface area contributed by atoms with Gasteiger partial charge < -0.3 is 10.1 Å². The molecule has 10 heteroatoms. The molecule has 0 bridgehead atoms. The molecule has 1 fully saturated rings. The topological polar surface area (TPSA) is 122 Å². The van der Waals surface area contributed by atoms with E-state index in [1.807, 2.05) is 30.3 Å². The van der Waals surface area contributed by atoms with Crippen LogP contribution in [0.25, 0.3) is 0 Å². The van der Waals surface area contributed by atoms with Crippen LogP contribution in [0, 0.1) is 0 Å². The van der Waals surface area contributed by atoms with Crippen LogP contribution < -0.4 is 10.6 Å². The van der Waals surface area contributed by atoms with Gasteiger partial charge in [0.1, 0.15) is 0 Å². The third-order valence-electron chi connectivity index (χ3n) is 4.96. The van der Waals surface area contributed by atoms with Crippen molar-refractivity contribution in [3.63, 3.8) is 0 Å². The Kier molecular flexibility index (Phi) is 7.60. The van der Waals surface area contributed by atoms with Crippen molar-refractivity contribution >= 4 is 27.9 Å². The number of carbonyl (C=O) groups is 3. The van der Waals surface area contributed by atoms with Crippen molar-refractivity contribution in [3.8, 4) is 0 Å². The van der Waals surface area contributed by atoms with E-state index in [1.165, 1.54) is 35.5 Å². The van der Waals surface area contributed by atoms with E-state index in [9.17, 15) is 22.8 Å². The second-order valence-corrected chi connectivity index (χ2v) is 9.28. The molecule has 0 spiro atoms. The van der Waals surface area contributed by atoms with Gasteiger partial charge in [0.2, 0.25) is 10.0 Å². The summed E-state index contributed by atoms with van der Waals surface area (Å²) in [5.41, 5.74) is 0.858. The summed E-state index contributed by atoms with van der Waals surface area (Å²) in [6, 6.07) is 13.9. The summed E-state index contributed by atoms with van der Waals surface area (Å²) in [7, 11) is -3.69.